The molecule has 2 unspecified atom stereocenters. The third kappa shape index (κ3) is 28.8. The minimum Gasteiger partial charge on any atom is -0.756 e. The molecule has 0 radical (unpaired) electrons. The summed E-state index contributed by atoms with van der Waals surface area (Å²) in [7, 11) is 1.10. The number of hydrogen-bond acceptors (Lipinski definition) is 10. The number of furan rings is 1. The van der Waals surface area contributed by atoms with Crippen molar-refractivity contribution in [2.75, 3.05) is 47.5 Å². The molecular formula is C46H80NO10P. The van der Waals surface area contributed by atoms with Crippen LogP contribution in [0.4, 0.5) is 0 Å². The molecule has 0 amide bonds. The van der Waals surface area contributed by atoms with Crippen molar-refractivity contribution in [3.05, 3.63) is 59.1 Å². The fraction of sp³-hybridized carbons (Fsp3) is 0.739. The van der Waals surface area contributed by atoms with Crippen LogP contribution in [-0.4, -0.2) is 81.2 Å². The van der Waals surface area contributed by atoms with Crippen LogP contribution in [0.15, 0.2) is 40.9 Å². The SMILES string of the molecule is CC/C=C/CC(O)/C=C/C=C/CCCCCCCC(=O)OC[C@H](COP(=O)([O-])OCC[N+](C)(C)C)OC(=O)CCCCCCCCCCc1oc(CCC)c(C)c1C. The Balaban J connectivity index is 2.37. The van der Waals surface area contributed by atoms with Crippen LogP contribution in [0.2, 0.25) is 0 Å². The lowest BCUT2D eigenvalue weighted by Crippen LogP contribution is -2.37. The topological polar surface area (TPSA) is 145 Å². The second-order valence-electron chi connectivity index (χ2n) is 16.5. The van der Waals surface area contributed by atoms with Crippen LogP contribution in [0.3, 0.4) is 0 Å². The number of nitrogens with zero attached hydrogens (tertiary/aromatic N) is 1. The number of likely N-dealkylation sites (N-methyl/N-ethyl adjacent to an activating group) is 1. The number of aryl methyl sites for hydroxylation is 2. The highest BCUT2D eigenvalue weighted by molar-refractivity contribution is 7.45. The van der Waals surface area contributed by atoms with E-state index in [0.717, 1.165) is 101 Å². The van der Waals surface area contributed by atoms with Gasteiger partial charge in [-0.15, -0.1) is 0 Å². The molecule has 1 rings (SSSR count). The standard InChI is InChI=1S/C46H80NO10P/c1-8-10-24-30-41(48)31-25-20-16-12-11-13-18-22-27-33-45(49)53-37-42(38-55-58(51,52)54-36-35-47(5,6)7)56-46(50)34-28-23-19-15-14-17-21-26-32-44-40(4)39(3)43(57-44)29-9-2/h10,16,20,24-25,31,41-42,48H,8-9,11-15,17-19,21-23,26-30,32-38H2,1-7H3/b20-16+,24-10+,31-25+/t41?,42-/m1/s1. The number of rotatable bonds is 36. The predicted octanol–water partition coefficient (Wildman–Crippen LogP) is 10.1. The van der Waals surface area contributed by atoms with Crippen LogP contribution in [-0.2, 0) is 45.5 Å². The Morgan fingerprint density at radius 1 is 0.759 bits per heavy atom. The monoisotopic (exact) mass is 838 g/mol. The normalized spacial score (nSPS) is 14.4. The van der Waals surface area contributed by atoms with Crippen LogP contribution in [0.5, 0.6) is 0 Å². The Morgan fingerprint density at radius 2 is 1.34 bits per heavy atom. The van der Waals surface area contributed by atoms with Gasteiger partial charge in [0, 0.05) is 25.7 Å². The number of esters is 2. The van der Waals surface area contributed by atoms with Crippen molar-refractivity contribution in [3.8, 4) is 0 Å². The van der Waals surface area contributed by atoms with Gasteiger partial charge in [-0.2, -0.15) is 0 Å². The molecule has 12 heteroatoms. The van der Waals surface area contributed by atoms with Gasteiger partial charge in [0.1, 0.15) is 31.3 Å². The molecule has 0 aliphatic carbocycles. The summed E-state index contributed by atoms with van der Waals surface area (Å²) < 4.78 is 40.0. The van der Waals surface area contributed by atoms with Crippen LogP contribution in [0.25, 0.3) is 0 Å². The highest BCUT2D eigenvalue weighted by Crippen LogP contribution is 2.38. The smallest absolute Gasteiger partial charge is 0.306 e. The number of allylic oxidation sites excluding steroid dienone is 4. The summed E-state index contributed by atoms with van der Waals surface area (Å²) in [6.45, 7) is 8.17. The first-order valence-electron chi connectivity index (χ1n) is 22.2. The molecule has 1 heterocycles. The molecule has 0 saturated carbocycles. The second-order valence-corrected chi connectivity index (χ2v) is 17.9. The maximum absolute atomic E-state index is 12.7. The van der Waals surface area contributed by atoms with E-state index in [1.807, 2.05) is 45.4 Å². The molecule has 1 aromatic rings. The number of unbranched alkanes of at least 4 members (excludes halogenated alkanes) is 12. The predicted molar refractivity (Wildman–Crippen MR) is 231 cm³/mol. The summed E-state index contributed by atoms with van der Waals surface area (Å²) >= 11 is 0. The number of phosphoric ester groups is 1. The van der Waals surface area contributed by atoms with Gasteiger partial charge in [-0.05, 0) is 76.3 Å². The average molecular weight is 838 g/mol. The third-order valence-corrected chi connectivity index (χ3v) is 10.9. The maximum Gasteiger partial charge on any atom is 0.306 e. The number of aliphatic hydroxyl groups excluding tert-OH is 1. The molecular weight excluding hydrogens is 757 g/mol. The quantitative estimate of drug-likeness (QED) is 0.0173. The number of aliphatic hydroxyl groups is 1. The first kappa shape index (κ1) is 53.5. The highest BCUT2D eigenvalue weighted by atomic mass is 31.2. The first-order valence-corrected chi connectivity index (χ1v) is 23.6. The molecule has 3 atom stereocenters. The summed E-state index contributed by atoms with van der Waals surface area (Å²) in [6.07, 6.45) is 29.2. The van der Waals surface area contributed by atoms with E-state index in [0.29, 0.717) is 30.3 Å². The zero-order valence-electron chi connectivity index (χ0n) is 37.3. The van der Waals surface area contributed by atoms with Gasteiger partial charge in [-0.1, -0.05) is 108 Å². The summed E-state index contributed by atoms with van der Waals surface area (Å²) in [4.78, 5) is 37.6. The molecule has 0 fully saturated rings. The lowest BCUT2D eigenvalue weighted by molar-refractivity contribution is -0.870. The fourth-order valence-corrected chi connectivity index (χ4v) is 6.94. The highest BCUT2D eigenvalue weighted by Gasteiger charge is 2.22. The third-order valence-electron chi connectivity index (χ3n) is 9.93. The van der Waals surface area contributed by atoms with Gasteiger partial charge in [0.25, 0.3) is 7.82 Å². The maximum atomic E-state index is 12.7. The van der Waals surface area contributed by atoms with E-state index in [4.69, 9.17) is 22.9 Å². The van der Waals surface area contributed by atoms with E-state index >= 15 is 0 Å². The lowest BCUT2D eigenvalue weighted by Gasteiger charge is -2.28. The summed E-state index contributed by atoms with van der Waals surface area (Å²) in [5.74, 6) is 1.37. The van der Waals surface area contributed by atoms with Crippen molar-refractivity contribution in [1.29, 1.82) is 0 Å². The number of quaternary nitrogens is 1. The molecule has 0 aromatic carbocycles. The number of ether oxygens (including phenoxy) is 2. The second kappa shape index (κ2) is 32.3. The zero-order valence-corrected chi connectivity index (χ0v) is 38.2. The summed E-state index contributed by atoms with van der Waals surface area (Å²) in [5, 5.41) is 9.88. The van der Waals surface area contributed by atoms with Crippen LogP contribution in [0.1, 0.15) is 158 Å². The molecule has 334 valence electrons. The molecule has 1 aromatic heterocycles. The largest absolute Gasteiger partial charge is 0.756 e. The minimum atomic E-state index is -4.65. The van der Waals surface area contributed by atoms with Gasteiger partial charge >= 0.3 is 11.9 Å². The van der Waals surface area contributed by atoms with Gasteiger partial charge < -0.3 is 37.4 Å². The van der Waals surface area contributed by atoms with Crippen molar-refractivity contribution in [3.63, 3.8) is 0 Å². The van der Waals surface area contributed by atoms with Crippen molar-refractivity contribution in [1.82, 2.24) is 0 Å². The molecule has 0 spiro atoms. The lowest BCUT2D eigenvalue weighted by atomic mass is 10.0. The average Bonchev–Trinajstić information content (AvgIpc) is 3.42. The molecule has 0 aliphatic heterocycles. The molecule has 0 saturated heterocycles. The van der Waals surface area contributed by atoms with Crippen molar-refractivity contribution in [2.24, 2.45) is 0 Å². The van der Waals surface area contributed by atoms with Gasteiger partial charge in [0.05, 0.1) is 33.9 Å². The van der Waals surface area contributed by atoms with Crippen LogP contribution < -0.4 is 4.89 Å². The van der Waals surface area contributed by atoms with E-state index in [2.05, 4.69) is 33.8 Å². The van der Waals surface area contributed by atoms with Crippen LogP contribution >= 0.6 is 7.82 Å². The molecule has 1 N–H and O–H groups in total. The van der Waals surface area contributed by atoms with Crippen molar-refractivity contribution < 1.29 is 51.6 Å². The Morgan fingerprint density at radius 3 is 1.97 bits per heavy atom. The Bertz CT molecular complexity index is 1380. The Hall–Kier alpha value is -2.53. The first-order chi connectivity index (χ1) is 27.7. The summed E-state index contributed by atoms with van der Waals surface area (Å²) in [5.41, 5.74) is 2.61. The van der Waals surface area contributed by atoms with Crippen LogP contribution in [0, 0.1) is 13.8 Å². The minimum absolute atomic E-state index is 0.0511. The Labute approximate surface area is 351 Å². The molecule has 0 bridgehead atoms. The van der Waals surface area contributed by atoms with Crippen molar-refractivity contribution in [2.45, 2.75) is 175 Å². The van der Waals surface area contributed by atoms with E-state index in [1.165, 1.54) is 24.0 Å². The van der Waals surface area contributed by atoms with Gasteiger partial charge in [0.2, 0.25) is 0 Å². The molecule has 58 heavy (non-hydrogen) atoms. The van der Waals surface area contributed by atoms with Gasteiger partial charge in [-0.25, -0.2) is 0 Å². The molecule has 11 nitrogen and oxygen atoms in total. The van der Waals surface area contributed by atoms with E-state index in [1.54, 1.807) is 6.08 Å². The summed E-state index contributed by atoms with van der Waals surface area (Å²) in [6, 6.07) is 0. The number of carbonyl (C=O) groups is 2. The number of hydrogen-bond donors (Lipinski definition) is 1. The number of carbonyl (C=O) groups excluding carboxylic acids is 2. The Kier molecular flexibility index (Phi) is 29.8. The van der Waals surface area contributed by atoms with Gasteiger partial charge in [0.15, 0.2) is 6.10 Å². The van der Waals surface area contributed by atoms with E-state index in [-0.39, 0.29) is 26.1 Å². The fourth-order valence-electron chi connectivity index (χ4n) is 6.21. The molecule has 0 aliphatic rings. The van der Waals surface area contributed by atoms with E-state index < -0.39 is 38.6 Å². The van der Waals surface area contributed by atoms with Gasteiger partial charge in [-0.3, -0.25) is 14.2 Å². The van der Waals surface area contributed by atoms with E-state index in [9.17, 15) is 24.2 Å². The van der Waals surface area contributed by atoms with Crippen molar-refractivity contribution >= 4 is 19.8 Å². The number of phosphoric acid groups is 1. The zero-order chi connectivity index (χ0) is 43.1.